The molecule has 2 aliphatic rings. The minimum Gasteiger partial charge on any atom is -0.480 e. The Labute approximate surface area is 217 Å². The van der Waals surface area contributed by atoms with Crippen LogP contribution in [0.25, 0.3) is 0 Å². The Balaban J connectivity index is 0.00000306. The van der Waals surface area contributed by atoms with Crippen molar-refractivity contribution < 1.29 is 29.0 Å². The second-order valence-electron chi connectivity index (χ2n) is 8.16. The number of esters is 1. The molecule has 2 aliphatic heterocycles. The summed E-state index contributed by atoms with van der Waals surface area (Å²) in [6, 6.07) is 15.0. The molecule has 2 N–H and O–H groups in total. The third-order valence-corrected chi connectivity index (χ3v) is 7.14. The van der Waals surface area contributed by atoms with Gasteiger partial charge in [0, 0.05) is 34.3 Å². The number of carbonyl (C=O) groups excluding carboxylic acids is 3. The maximum atomic E-state index is 13.2. The molecule has 8 nitrogen and oxygen atoms in total. The van der Waals surface area contributed by atoms with E-state index >= 15 is 0 Å². The van der Waals surface area contributed by atoms with Gasteiger partial charge in [0.1, 0.15) is 23.2 Å². The van der Waals surface area contributed by atoms with Gasteiger partial charge in [0.15, 0.2) is 5.92 Å². The topological polar surface area (TPSA) is 113 Å². The van der Waals surface area contributed by atoms with E-state index in [4.69, 9.17) is 4.74 Å². The Morgan fingerprint density at radius 1 is 1.06 bits per heavy atom. The predicted molar refractivity (Wildman–Crippen MR) is 123 cm³/mol. The Bertz CT molecular complexity index is 1070. The van der Waals surface area contributed by atoms with Crippen molar-refractivity contribution in [1.82, 2.24) is 10.2 Å². The van der Waals surface area contributed by atoms with Crippen molar-refractivity contribution in [3.63, 3.8) is 0 Å². The van der Waals surface area contributed by atoms with Gasteiger partial charge in [-0.1, -0.05) is 48.5 Å². The van der Waals surface area contributed by atoms with Crippen LogP contribution >= 0.6 is 11.8 Å². The Morgan fingerprint density at radius 2 is 1.64 bits per heavy atom. The number of thioether (sulfide) groups is 1. The number of β-lactam (4-membered cyclic amide) rings is 1. The molecule has 4 atom stereocenters. The first-order valence-corrected chi connectivity index (χ1v) is 10.9. The molecule has 2 heterocycles. The van der Waals surface area contributed by atoms with Crippen LogP contribution in [-0.4, -0.2) is 85.5 Å². The van der Waals surface area contributed by atoms with Crippen molar-refractivity contribution in [2.45, 2.75) is 42.0 Å². The Hall–Kier alpha value is -2.33. The summed E-state index contributed by atoms with van der Waals surface area (Å²) in [6.45, 7) is 3.51. The van der Waals surface area contributed by atoms with Gasteiger partial charge in [0.25, 0.3) is 0 Å². The normalized spacial score (nSPS) is 23.4. The second-order valence-corrected chi connectivity index (χ2v) is 9.93. The van der Waals surface area contributed by atoms with E-state index in [9.17, 15) is 24.3 Å². The summed E-state index contributed by atoms with van der Waals surface area (Å²) in [5.41, 5.74) is 0.428. The molecule has 0 aromatic heterocycles. The van der Waals surface area contributed by atoms with Crippen LogP contribution in [0.15, 0.2) is 60.7 Å². The zero-order valence-electron chi connectivity index (χ0n) is 18.4. The summed E-state index contributed by atoms with van der Waals surface area (Å²) in [6.07, 6.45) is 0. The number of nitrogens with one attached hydrogen (secondary N) is 1. The van der Waals surface area contributed by atoms with Crippen LogP contribution in [0, 0.1) is 0 Å². The number of carboxylic acid groups (broad SMARTS) is 1. The number of nitrogens with zero attached hydrogens (tertiary/aromatic N) is 1. The fraction of sp³-hybridized carbons (Fsp3) is 0.304. The van der Waals surface area contributed by atoms with E-state index < -0.39 is 51.9 Å². The number of carbonyl (C=O) groups is 4. The van der Waals surface area contributed by atoms with Crippen LogP contribution < -0.4 is 10.1 Å². The molecular weight excluding hydrogens is 455 g/mol. The number of hydrogen-bond donors (Lipinski definition) is 2. The van der Waals surface area contributed by atoms with Gasteiger partial charge in [-0.3, -0.25) is 14.4 Å². The van der Waals surface area contributed by atoms with Gasteiger partial charge in [0.05, 0.1) is 0 Å². The van der Waals surface area contributed by atoms with E-state index in [0.717, 1.165) is 0 Å². The zero-order chi connectivity index (χ0) is 23.0. The van der Waals surface area contributed by atoms with Gasteiger partial charge in [0.2, 0.25) is 11.8 Å². The first-order chi connectivity index (χ1) is 15.2. The smallest absolute Gasteiger partial charge is 0.328 e. The molecule has 33 heavy (non-hydrogen) atoms. The number of fused-ring (bicyclic) bond motifs is 1. The van der Waals surface area contributed by atoms with Gasteiger partial charge >= 0.3 is 11.9 Å². The molecule has 2 saturated heterocycles. The van der Waals surface area contributed by atoms with Gasteiger partial charge in [-0.25, -0.2) is 4.79 Å². The summed E-state index contributed by atoms with van der Waals surface area (Å²) in [5, 5.41) is 11.7. The van der Waals surface area contributed by atoms with Crippen LogP contribution in [0.4, 0.5) is 0 Å². The first-order valence-electron chi connectivity index (χ1n) is 10.1. The molecule has 2 amide bonds. The van der Waals surface area contributed by atoms with Gasteiger partial charge < -0.3 is 20.1 Å². The fourth-order valence-corrected chi connectivity index (χ4v) is 5.71. The average Bonchev–Trinajstić information content (AvgIpc) is 3.01. The number of carboxylic acids is 1. The SMILES string of the molecule is CC1(C)S[C@@H]2[C@H](NC(=O)C(C(=O)Oc3ccccc3)c3ccccc3)C(=O)N2[C@H]1C(=O)O.[Na]. The van der Waals surface area contributed by atoms with E-state index in [1.165, 1.54) is 16.7 Å². The van der Waals surface area contributed by atoms with Gasteiger partial charge in [-0.2, -0.15) is 0 Å². The largest absolute Gasteiger partial charge is 0.480 e. The zero-order valence-corrected chi connectivity index (χ0v) is 21.2. The van der Waals surface area contributed by atoms with E-state index in [0.29, 0.717) is 11.3 Å². The summed E-state index contributed by atoms with van der Waals surface area (Å²) in [5.74, 6) is -3.99. The van der Waals surface area contributed by atoms with E-state index in [1.807, 2.05) is 0 Å². The quantitative estimate of drug-likeness (QED) is 0.214. The number of benzene rings is 2. The van der Waals surface area contributed by atoms with Crippen LogP contribution in [0.3, 0.4) is 0 Å². The molecule has 1 unspecified atom stereocenters. The summed E-state index contributed by atoms with van der Waals surface area (Å²) in [4.78, 5) is 51.8. The minimum absolute atomic E-state index is 0. The molecular formula is C23H22N2NaO6S. The van der Waals surface area contributed by atoms with Crippen molar-refractivity contribution in [2.75, 3.05) is 0 Å². The van der Waals surface area contributed by atoms with Crippen LogP contribution in [0.5, 0.6) is 5.75 Å². The van der Waals surface area contributed by atoms with Gasteiger partial charge in [-0.15, -0.1) is 11.8 Å². The van der Waals surface area contributed by atoms with Crippen LogP contribution in [0.2, 0.25) is 0 Å². The number of aliphatic carboxylic acids is 1. The van der Waals surface area contributed by atoms with Crippen molar-refractivity contribution in [3.8, 4) is 5.75 Å². The molecule has 0 spiro atoms. The van der Waals surface area contributed by atoms with E-state index in [2.05, 4.69) is 5.32 Å². The molecule has 0 bridgehead atoms. The first kappa shape index (κ1) is 25.3. The van der Waals surface area contributed by atoms with Crippen molar-refractivity contribution in [3.05, 3.63) is 66.2 Å². The minimum atomic E-state index is -1.28. The molecule has 2 aromatic rings. The molecule has 4 rings (SSSR count). The number of rotatable bonds is 6. The van der Waals surface area contributed by atoms with Crippen molar-refractivity contribution in [1.29, 1.82) is 0 Å². The Kier molecular flexibility index (Phi) is 7.58. The maximum absolute atomic E-state index is 13.2. The van der Waals surface area contributed by atoms with Gasteiger partial charge in [-0.05, 0) is 31.5 Å². The van der Waals surface area contributed by atoms with E-state index in [1.54, 1.807) is 74.5 Å². The number of ether oxygens (including phenoxy) is 1. The molecule has 167 valence electrons. The standard InChI is InChI=1S/C23H22N2O6S.Na/c1-23(2)17(21(28)29)25-19(27)16(20(25)32-23)24-18(26)15(13-9-5-3-6-10-13)22(30)31-14-11-7-4-8-12-14;/h3-12,15-17,20H,1-2H3,(H,24,26)(H,28,29);/t15?,16-,17+,20-;/m1./s1. The third-order valence-electron chi connectivity index (χ3n) is 5.57. The van der Waals surface area contributed by atoms with E-state index in [-0.39, 0.29) is 29.6 Å². The number of hydrogen-bond acceptors (Lipinski definition) is 6. The molecule has 10 heteroatoms. The molecule has 1 radical (unpaired) electrons. The Morgan fingerprint density at radius 3 is 2.21 bits per heavy atom. The monoisotopic (exact) mass is 477 g/mol. The predicted octanol–water partition coefficient (Wildman–Crippen LogP) is 1.63. The van der Waals surface area contributed by atoms with Crippen LogP contribution in [-0.2, 0) is 19.2 Å². The van der Waals surface area contributed by atoms with Crippen molar-refractivity contribution in [2.24, 2.45) is 0 Å². The summed E-state index contributed by atoms with van der Waals surface area (Å²) < 4.78 is 4.69. The molecule has 2 fully saturated rings. The second kappa shape index (κ2) is 9.89. The average molecular weight is 477 g/mol. The number of amides is 2. The fourth-order valence-electron chi connectivity index (χ4n) is 4.09. The number of para-hydroxylation sites is 1. The molecule has 0 aliphatic carbocycles. The van der Waals surface area contributed by atoms with Crippen LogP contribution in [0.1, 0.15) is 25.3 Å². The molecule has 0 saturated carbocycles. The maximum Gasteiger partial charge on any atom is 0.328 e. The third kappa shape index (κ3) is 4.82. The molecule has 2 aromatic carbocycles. The van der Waals surface area contributed by atoms with Crippen molar-refractivity contribution >= 4 is 65.1 Å². The summed E-state index contributed by atoms with van der Waals surface area (Å²) in [7, 11) is 0. The summed E-state index contributed by atoms with van der Waals surface area (Å²) >= 11 is 1.32.